The van der Waals surface area contributed by atoms with E-state index in [1.165, 1.54) is 0 Å². The molecule has 90 valence electrons. The average Bonchev–Trinajstić information content (AvgIpc) is 2.60. The predicted octanol–water partition coefficient (Wildman–Crippen LogP) is 2.42. The molecule has 1 aromatic rings. The second-order valence-corrected chi connectivity index (χ2v) is 4.81. The standard InChI is InChI=1S/C12H18O4/c1-8(13)10-6-5-9(16-10)7-15-11(14)12(2,3)4/h5-6,8,13H,7H2,1-4H3. The van der Waals surface area contributed by atoms with Gasteiger partial charge in [0.15, 0.2) is 0 Å². The van der Waals surface area contributed by atoms with E-state index in [0.717, 1.165) is 0 Å². The van der Waals surface area contributed by atoms with Crippen molar-refractivity contribution < 1.29 is 19.1 Å². The molecule has 1 N–H and O–H groups in total. The lowest BCUT2D eigenvalue weighted by molar-refractivity contribution is -0.154. The van der Waals surface area contributed by atoms with Crippen molar-refractivity contribution in [2.45, 2.75) is 40.4 Å². The smallest absolute Gasteiger partial charge is 0.311 e. The first kappa shape index (κ1) is 12.8. The van der Waals surface area contributed by atoms with Crippen molar-refractivity contribution in [2.24, 2.45) is 5.41 Å². The molecule has 0 saturated carbocycles. The normalized spacial score (nSPS) is 13.6. The highest BCUT2D eigenvalue weighted by atomic mass is 16.5. The molecule has 0 spiro atoms. The van der Waals surface area contributed by atoms with Crippen LogP contribution in [0.15, 0.2) is 16.5 Å². The van der Waals surface area contributed by atoms with Gasteiger partial charge >= 0.3 is 5.97 Å². The third-order valence-corrected chi connectivity index (χ3v) is 2.05. The lowest BCUT2D eigenvalue weighted by atomic mass is 9.97. The van der Waals surface area contributed by atoms with E-state index in [9.17, 15) is 9.90 Å². The molecule has 0 fully saturated rings. The van der Waals surface area contributed by atoms with E-state index in [2.05, 4.69) is 0 Å². The van der Waals surface area contributed by atoms with Gasteiger partial charge in [0.1, 0.15) is 24.2 Å². The summed E-state index contributed by atoms with van der Waals surface area (Å²) in [7, 11) is 0. The monoisotopic (exact) mass is 226 g/mol. The summed E-state index contributed by atoms with van der Waals surface area (Å²) in [6, 6.07) is 3.36. The number of furan rings is 1. The molecule has 0 bridgehead atoms. The van der Waals surface area contributed by atoms with Crippen LogP contribution in [0.5, 0.6) is 0 Å². The van der Waals surface area contributed by atoms with E-state index in [4.69, 9.17) is 9.15 Å². The Morgan fingerprint density at radius 2 is 2.12 bits per heavy atom. The van der Waals surface area contributed by atoms with E-state index in [-0.39, 0.29) is 12.6 Å². The summed E-state index contributed by atoms with van der Waals surface area (Å²) >= 11 is 0. The number of esters is 1. The Labute approximate surface area is 95.2 Å². The fourth-order valence-electron chi connectivity index (χ4n) is 1.05. The Morgan fingerprint density at radius 3 is 2.56 bits per heavy atom. The SMILES string of the molecule is CC(O)c1ccc(COC(=O)C(C)(C)C)o1. The number of aliphatic hydroxyl groups excluding tert-OH is 1. The van der Waals surface area contributed by atoms with Crippen molar-refractivity contribution in [3.8, 4) is 0 Å². The largest absolute Gasteiger partial charge is 0.460 e. The molecule has 0 aliphatic carbocycles. The number of rotatable bonds is 3. The molecule has 0 aromatic carbocycles. The molecular formula is C12H18O4. The van der Waals surface area contributed by atoms with Crippen molar-refractivity contribution in [3.05, 3.63) is 23.7 Å². The molecule has 0 radical (unpaired) electrons. The van der Waals surface area contributed by atoms with Crippen molar-refractivity contribution in [2.75, 3.05) is 0 Å². The van der Waals surface area contributed by atoms with Crippen LogP contribution in [-0.2, 0) is 16.1 Å². The number of ether oxygens (including phenoxy) is 1. The Kier molecular flexibility index (Phi) is 3.75. The molecule has 1 aromatic heterocycles. The summed E-state index contributed by atoms with van der Waals surface area (Å²) in [6.45, 7) is 7.09. The van der Waals surface area contributed by atoms with Crippen molar-refractivity contribution in [3.63, 3.8) is 0 Å². The lowest BCUT2D eigenvalue weighted by Gasteiger charge is -2.15. The zero-order chi connectivity index (χ0) is 12.3. The van der Waals surface area contributed by atoms with Gasteiger partial charge in [-0.2, -0.15) is 0 Å². The molecule has 0 aliphatic heterocycles. The van der Waals surface area contributed by atoms with Crippen LogP contribution in [-0.4, -0.2) is 11.1 Å². The maximum Gasteiger partial charge on any atom is 0.311 e. The fourth-order valence-corrected chi connectivity index (χ4v) is 1.05. The van der Waals surface area contributed by atoms with E-state index in [1.807, 2.05) is 0 Å². The topological polar surface area (TPSA) is 59.7 Å². The summed E-state index contributed by atoms with van der Waals surface area (Å²) in [5.41, 5.74) is -0.514. The van der Waals surface area contributed by atoms with Gasteiger partial charge in [0.25, 0.3) is 0 Å². The molecule has 4 nitrogen and oxygen atoms in total. The van der Waals surface area contributed by atoms with E-state index < -0.39 is 11.5 Å². The minimum absolute atomic E-state index is 0.100. The third kappa shape index (κ3) is 3.38. The highest BCUT2D eigenvalue weighted by Crippen LogP contribution is 2.19. The summed E-state index contributed by atoms with van der Waals surface area (Å²) in [5.74, 6) is 0.734. The molecule has 4 heteroatoms. The Bertz CT molecular complexity index is 357. The van der Waals surface area contributed by atoms with Crippen LogP contribution in [0.3, 0.4) is 0 Å². The van der Waals surface area contributed by atoms with Gasteiger partial charge in [0.2, 0.25) is 0 Å². The first-order valence-electron chi connectivity index (χ1n) is 5.24. The Hall–Kier alpha value is -1.29. The van der Waals surface area contributed by atoms with Crippen LogP contribution < -0.4 is 0 Å². The Morgan fingerprint density at radius 1 is 1.50 bits per heavy atom. The zero-order valence-electron chi connectivity index (χ0n) is 10.1. The Balaban J connectivity index is 2.52. The molecule has 0 saturated heterocycles. The molecule has 1 rings (SSSR count). The van der Waals surface area contributed by atoms with Crippen LogP contribution >= 0.6 is 0 Å². The fraction of sp³-hybridized carbons (Fsp3) is 0.583. The molecule has 0 amide bonds. The van der Waals surface area contributed by atoms with Gasteiger partial charge in [0.05, 0.1) is 5.41 Å². The number of hydrogen-bond donors (Lipinski definition) is 1. The van der Waals surface area contributed by atoms with Gasteiger partial charge < -0.3 is 14.3 Å². The summed E-state index contributed by atoms with van der Waals surface area (Å²) in [5, 5.41) is 9.24. The van der Waals surface area contributed by atoms with Gasteiger partial charge in [-0.25, -0.2) is 0 Å². The molecular weight excluding hydrogens is 208 g/mol. The van der Waals surface area contributed by atoms with Crippen LogP contribution in [0.1, 0.15) is 45.3 Å². The van der Waals surface area contributed by atoms with Crippen LogP contribution in [0.2, 0.25) is 0 Å². The van der Waals surface area contributed by atoms with Gasteiger partial charge in [-0.05, 0) is 39.8 Å². The highest BCUT2D eigenvalue weighted by Gasteiger charge is 2.23. The maximum absolute atomic E-state index is 11.5. The quantitative estimate of drug-likeness (QED) is 0.804. The van der Waals surface area contributed by atoms with Crippen LogP contribution in [0.4, 0.5) is 0 Å². The summed E-state index contributed by atoms with van der Waals surface area (Å²) < 4.78 is 10.4. The summed E-state index contributed by atoms with van der Waals surface area (Å²) in [4.78, 5) is 11.5. The minimum atomic E-state index is -0.646. The first-order chi connectivity index (χ1) is 7.30. The average molecular weight is 226 g/mol. The molecule has 16 heavy (non-hydrogen) atoms. The van der Waals surface area contributed by atoms with Crippen molar-refractivity contribution >= 4 is 5.97 Å². The molecule has 1 atom stereocenters. The van der Waals surface area contributed by atoms with Gasteiger partial charge in [-0.1, -0.05) is 0 Å². The zero-order valence-corrected chi connectivity index (χ0v) is 10.1. The first-order valence-corrected chi connectivity index (χ1v) is 5.24. The molecule has 0 aliphatic rings. The second-order valence-electron chi connectivity index (χ2n) is 4.81. The number of carbonyl (C=O) groups excluding carboxylic acids is 1. The number of aliphatic hydroxyl groups is 1. The lowest BCUT2D eigenvalue weighted by Crippen LogP contribution is -2.22. The molecule has 1 heterocycles. The van der Waals surface area contributed by atoms with Crippen LogP contribution in [0, 0.1) is 5.41 Å². The molecule has 1 unspecified atom stereocenters. The maximum atomic E-state index is 11.5. The van der Waals surface area contributed by atoms with Crippen molar-refractivity contribution in [1.29, 1.82) is 0 Å². The van der Waals surface area contributed by atoms with Crippen LogP contribution in [0.25, 0.3) is 0 Å². The van der Waals surface area contributed by atoms with Gasteiger partial charge in [-0.3, -0.25) is 4.79 Å². The van der Waals surface area contributed by atoms with Gasteiger partial charge in [-0.15, -0.1) is 0 Å². The van der Waals surface area contributed by atoms with Crippen molar-refractivity contribution in [1.82, 2.24) is 0 Å². The highest BCUT2D eigenvalue weighted by molar-refractivity contribution is 5.75. The number of carbonyl (C=O) groups is 1. The van der Waals surface area contributed by atoms with E-state index >= 15 is 0 Å². The summed E-state index contributed by atoms with van der Waals surface area (Å²) in [6.07, 6.45) is -0.646. The minimum Gasteiger partial charge on any atom is -0.460 e. The third-order valence-electron chi connectivity index (χ3n) is 2.05. The van der Waals surface area contributed by atoms with Gasteiger partial charge in [0, 0.05) is 0 Å². The van der Waals surface area contributed by atoms with E-state index in [1.54, 1.807) is 39.8 Å². The van der Waals surface area contributed by atoms with E-state index in [0.29, 0.717) is 11.5 Å². The second kappa shape index (κ2) is 4.70. The number of hydrogen-bond acceptors (Lipinski definition) is 4. The predicted molar refractivity (Wildman–Crippen MR) is 58.6 cm³/mol.